The van der Waals surface area contributed by atoms with Gasteiger partial charge in [-0.05, 0) is 59.3 Å². The molecule has 1 amide bonds. The molecule has 154 valence electrons. The van der Waals surface area contributed by atoms with Crippen LogP contribution in [-0.2, 0) is 4.74 Å². The van der Waals surface area contributed by atoms with Crippen LogP contribution in [0, 0.1) is 5.82 Å². The Labute approximate surface area is 176 Å². The topological polar surface area (TPSA) is 65.1 Å². The van der Waals surface area contributed by atoms with Gasteiger partial charge in [0, 0.05) is 11.0 Å². The maximum atomic E-state index is 13.4. The second kappa shape index (κ2) is 9.37. The number of rotatable bonds is 6. The van der Waals surface area contributed by atoms with E-state index in [0.29, 0.717) is 41.2 Å². The summed E-state index contributed by atoms with van der Waals surface area (Å²) in [6, 6.07) is 9.03. The van der Waals surface area contributed by atoms with E-state index in [1.807, 2.05) is 0 Å². The zero-order valence-corrected chi connectivity index (χ0v) is 17.7. The number of hydrogen-bond acceptors (Lipinski definition) is 5. The van der Waals surface area contributed by atoms with E-state index in [0.717, 1.165) is 6.07 Å². The predicted molar refractivity (Wildman–Crippen MR) is 108 cm³/mol. The first-order valence-electron chi connectivity index (χ1n) is 9.06. The van der Waals surface area contributed by atoms with Crippen molar-refractivity contribution in [2.75, 3.05) is 33.4 Å². The van der Waals surface area contributed by atoms with Crippen molar-refractivity contribution in [3.8, 4) is 11.5 Å². The van der Waals surface area contributed by atoms with E-state index in [-0.39, 0.29) is 30.0 Å². The van der Waals surface area contributed by atoms with Gasteiger partial charge in [0.15, 0.2) is 5.78 Å². The highest BCUT2D eigenvalue weighted by Gasteiger charge is 2.27. The highest BCUT2D eigenvalue weighted by Crippen LogP contribution is 2.25. The molecule has 1 aliphatic heterocycles. The van der Waals surface area contributed by atoms with Crippen molar-refractivity contribution >= 4 is 27.6 Å². The zero-order chi connectivity index (χ0) is 21.0. The monoisotopic (exact) mass is 465 g/mol. The lowest BCUT2D eigenvalue weighted by molar-refractivity contribution is -0.0402. The fourth-order valence-corrected chi connectivity index (χ4v) is 3.47. The lowest BCUT2D eigenvalue weighted by Gasteiger charge is -2.33. The molecule has 1 atom stereocenters. The van der Waals surface area contributed by atoms with E-state index < -0.39 is 5.82 Å². The number of hydrogen-bond donors (Lipinski definition) is 0. The van der Waals surface area contributed by atoms with Crippen LogP contribution < -0.4 is 9.47 Å². The van der Waals surface area contributed by atoms with Gasteiger partial charge in [-0.2, -0.15) is 0 Å². The maximum Gasteiger partial charge on any atom is 0.255 e. The van der Waals surface area contributed by atoms with Crippen LogP contribution in [0.15, 0.2) is 40.9 Å². The van der Waals surface area contributed by atoms with Gasteiger partial charge >= 0.3 is 0 Å². The van der Waals surface area contributed by atoms with Crippen LogP contribution in [0.25, 0.3) is 0 Å². The first-order chi connectivity index (χ1) is 13.9. The average Bonchev–Trinajstić information content (AvgIpc) is 2.72. The number of halogens is 2. The van der Waals surface area contributed by atoms with Crippen LogP contribution in [0.4, 0.5) is 4.39 Å². The number of ketones is 1. The smallest absolute Gasteiger partial charge is 0.255 e. The number of carbonyl (C=O) groups is 2. The third kappa shape index (κ3) is 5.13. The minimum Gasteiger partial charge on any atom is -0.497 e. The molecule has 2 aromatic rings. The van der Waals surface area contributed by atoms with Crippen molar-refractivity contribution in [3.05, 3.63) is 57.8 Å². The molecule has 8 heteroatoms. The number of Topliss-reactive ketones (excluding diaryl/α,β-unsaturated/α-hetero) is 1. The largest absolute Gasteiger partial charge is 0.497 e. The Morgan fingerprint density at radius 1 is 1.24 bits per heavy atom. The van der Waals surface area contributed by atoms with Crippen LogP contribution in [0.1, 0.15) is 27.6 Å². The summed E-state index contributed by atoms with van der Waals surface area (Å²) in [4.78, 5) is 26.3. The average molecular weight is 466 g/mol. The summed E-state index contributed by atoms with van der Waals surface area (Å²) in [6.45, 7) is 2.64. The van der Waals surface area contributed by atoms with Crippen LogP contribution >= 0.6 is 15.9 Å². The fraction of sp³-hybridized carbons (Fsp3) is 0.333. The third-order valence-corrected chi connectivity index (χ3v) is 5.27. The quantitative estimate of drug-likeness (QED) is 0.608. The van der Waals surface area contributed by atoms with Crippen LogP contribution in [0.3, 0.4) is 0 Å². The van der Waals surface area contributed by atoms with Crippen molar-refractivity contribution in [1.29, 1.82) is 0 Å². The summed E-state index contributed by atoms with van der Waals surface area (Å²) >= 11 is 3.41. The van der Waals surface area contributed by atoms with Gasteiger partial charge in [0.05, 0.1) is 31.4 Å². The van der Waals surface area contributed by atoms with Gasteiger partial charge in [-0.1, -0.05) is 0 Å². The lowest BCUT2D eigenvalue weighted by atomic mass is 10.1. The van der Waals surface area contributed by atoms with Gasteiger partial charge in [0.2, 0.25) is 0 Å². The summed E-state index contributed by atoms with van der Waals surface area (Å²) in [7, 11) is 1.55. The Morgan fingerprint density at radius 2 is 2.03 bits per heavy atom. The molecule has 0 saturated carbocycles. The van der Waals surface area contributed by atoms with Gasteiger partial charge in [-0.15, -0.1) is 0 Å². The van der Waals surface area contributed by atoms with E-state index in [4.69, 9.17) is 14.2 Å². The Morgan fingerprint density at radius 3 is 2.76 bits per heavy atom. The van der Waals surface area contributed by atoms with Crippen molar-refractivity contribution in [1.82, 2.24) is 4.90 Å². The molecule has 1 heterocycles. The van der Waals surface area contributed by atoms with Crippen LogP contribution in [0.2, 0.25) is 0 Å². The number of ether oxygens (including phenoxy) is 3. The molecule has 6 nitrogen and oxygen atoms in total. The highest BCUT2D eigenvalue weighted by molar-refractivity contribution is 9.10. The van der Waals surface area contributed by atoms with Crippen LogP contribution in [0.5, 0.6) is 11.5 Å². The number of benzene rings is 2. The van der Waals surface area contributed by atoms with Gasteiger partial charge in [-0.25, -0.2) is 4.39 Å². The second-order valence-corrected chi connectivity index (χ2v) is 7.45. The maximum absolute atomic E-state index is 13.4. The molecule has 0 aromatic heterocycles. The second-order valence-electron chi connectivity index (χ2n) is 6.60. The molecule has 0 N–H and O–H groups in total. The standard InChI is InChI=1S/C21H21BrFNO5/c1-13(25)17-9-14(23)3-6-20(17)29-12-16-11-24(7-8-28-16)21(26)18-10-15(27-2)4-5-19(18)22/h3-6,9-10,16H,7-8,11-12H2,1-2H3. The summed E-state index contributed by atoms with van der Waals surface area (Å²) in [5.41, 5.74) is 0.678. The molecule has 1 unspecified atom stereocenters. The molecular weight excluding hydrogens is 445 g/mol. The SMILES string of the molecule is COc1ccc(Br)c(C(=O)N2CCOC(COc3ccc(F)cc3C(C)=O)C2)c1. The normalized spacial score (nSPS) is 16.4. The molecule has 2 aromatic carbocycles. The highest BCUT2D eigenvalue weighted by atomic mass is 79.9. The first-order valence-corrected chi connectivity index (χ1v) is 9.86. The summed E-state index contributed by atoms with van der Waals surface area (Å²) in [5.74, 6) is -0.0459. The lowest BCUT2D eigenvalue weighted by Crippen LogP contribution is -2.47. The van der Waals surface area contributed by atoms with Crippen LogP contribution in [-0.4, -0.2) is 56.1 Å². The van der Waals surface area contributed by atoms with Gasteiger partial charge in [0.1, 0.15) is 30.0 Å². The number of morpholine rings is 1. The summed E-state index contributed by atoms with van der Waals surface area (Å²) in [6.07, 6.45) is -0.373. The Hall–Kier alpha value is -2.45. The van der Waals surface area contributed by atoms with Crippen molar-refractivity contribution < 1.29 is 28.2 Å². The first kappa shape index (κ1) is 21.3. The van der Waals surface area contributed by atoms with Crippen molar-refractivity contribution in [2.24, 2.45) is 0 Å². The molecule has 3 rings (SSSR count). The molecular formula is C21H21BrFNO5. The molecule has 29 heavy (non-hydrogen) atoms. The van der Waals surface area contributed by atoms with Crippen molar-refractivity contribution in [2.45, 2.75) is 13.0 Å². The molecule has 1 fully saturated rings. The van der Waals surface area contributed by atoms with Gasteiger partial charge in [-0.3, -0.25) is 9.59 Å². The predicted octanol–water partition coefficient (Wildman–Crippen LogP) is 3.72. The molecule has 1 aliphatic rings. The van der Waals surface area contributed by atoms with E-state index in [9.17, 15) is 14.0 Å². The molecule has 0 spiro atoms. The number of methoxy groups -OCH3 is 1. The molecule has 0 bridgehead atoms. The number of nitrogens with zero attached hydrogens (tertiary/aromatic N) is 1. The van der Waals surface area contributed by atoms with Gasteiger partial charge < -0.3 is 19.1 Å². The summed E-state index contributed by atoms with van der Waals surface area (Å²) in [5, 5.41) is 0. The van der Waals surface area contributed by atoms with Crippen molar-refractivity contribution in [3.63, 3.8) is 0 Å². The van der Waals surface area contributed by atoms with E-state index in [1.54, 1.807) is 30.2 Å². The minimum atomic E-state index is -0.503. The third-order valence-electron chi connectivity index (χ3n) is 4.58. The molecule has 0 aliphatic carbocycles. The minimum absolute atomic E-state index is 0.134. The summed E-state index contributed by atoms with van der Waals surface area (Å²) < 4.78 is 30.7. The van der Waals surface area contributed by atoms with E-state index in [1.165, 1.54) is 19.1 Å². The Kier molecular flexibility index (Phi) is 6.87. The van der Waals surface area contributed by atoms with Gasteiger partial charge in [0.25, 0.3) is 5.91 Å². The van der Waals surface area contributed by atoms with E-state index in [2.05, 4.69) is 15.9 Å². The Bertz CT molecular complexity index is 920. The number of carbonyl (C=O) groups excluding carboxylic acids is 2. The zero-order valence-electron chi connectivity index (χ0n) is 16.1. The molecule has 0 radical (unpaired) electrons. The Balaban J connectivity index is 1.67. The van der Waals surface area contributed by atoms with E-state index >= 15 is 0 Å². The number of amides is 1. The fourth-order valence-electron chi connectivity index (χ4n) is 3.06. The molecule has 1 saturated heterocycles.